The van der Waals surface area contributed by atoms with Crippen molar-refractivity contribution in [1.29, 1.82) is 0 Å². The molecule has 0 amide bonds. The fourth-order valence-electron chi connectivity index (χ4n) is 1.71. The zero-order chi connectivity index (χ0) is 16.4. The molecular weight excluding hydrogens is 323 g/mol. The van der Waals surface area contributed by atoms with Crippen LogP contribution < -0.4 is 5.32 Å². The third-order valence-electron chi connectivity index (χ3n) is 2.56. The van der Waals surface area contributed by atoms with Crippen molar-refractivity contribution >= 4 is 15.5 Å². The van der Waals surface area contributed by atoms with Crippen molar-refractivity contribution in [2.75, 3.05) is 11.6 Å². The highest BCUT2D eigenvalue weighted by molar-refractivity contribution is 7.89. The lowest BCUT2D eigenvalue weighted by atomic mass is 10.1. The zero-order valence-electron chi connectivity index (χ0n) is 11.4. The van der Waals surface area contributed by atoms with Crippen LogP contribution in [0.4, 0.5) is 18.9 Å². The molecule has 0 bridgehead atoms. The van der Waals surface area contributed by atoms with Crippen LogP contribution in [-0.4, -0.2) is 24.8 Å². The van der Waals surface area contributed by atoms with E-state index in [0.29, 0.717) is 0 Å². The van der Waals surface area contributed by atoms with Crippen LogP contribution in [0.2, 0.25) is 0 Å². The smallest absolute Gasteiger partial charge is 0.376 e. The normalized spacial score (nSPS) is 12.4. The number of alkyl halides is 3. The molecule has 0 aliphatic carbocycles. The fourth-order valence-corrected chi connectivity index (χ4v) is 2.30. The van der Waals surface area contributed by atoms with Crippen molar-refractivity contribution in [2.45, 2.75) is 18.5 Å². The molecule has 0 fully saturated rings. The second-order valence-corrected chi connectivity index (χ2v) is 6.71. The summed E-state index contributed by atoms with van der Waals surface area (Å²) in [5.41, 5.74) is -0.941. The second kappa shape index (κ2) is 5.95. The molecule has 120 valence electrons. The monoisotopic (exact) mass is 335 g/mol. The molecule has 0 radical (unpaired) electrons. The van der Waals surface area contributed by atoms with Crippen LogP contribution in [0.15, 0.2) is 28.8 Å². The molecule has 0 atom stereocenters. The molecule has 1 N–H and O–H groups in total. The number of anilines is 1. The summed E-state index contributed by atoms with van der Waals surface area (Å²) in [5, 5.41) is 6.00. The van der Waals surface area contributed by atoms with Crippen LogP contribution in [0.3, 0.4) is 0 Å². The number of halogens is 3. The van der Waals surface area contributed by atoms with Gasteiger partial charge in [0.25, 0.3) is 0 Å². The van der Waals surface area contributed by atoms with Crippen molar-refractivity contribution in [1.82, 2.24) is 10.1 Å². The average Bonchev–Trinajstić information content (AvgIpc) is 2.81. The van der Waals surface area contributed by atoms with Crippen LogP contribution in [0.5, 0.6) is 0 Å². The minimum atomic E-state index is -4.49. The summed E-state index contributed by atoms with van der Waals surface area (Å²) in [6.45, 7) is -0.149. The lowest BCUT2D eigenvalue weighted by Crippen LogP contribution is -2.10. The van der Waals surface area contributed by atoms with Crippen LogP contribution in [-0.2, 0) is 28.3 Å². The number of benzene rings is 1. The highest BCUT2D eigenvalue weighted by atomic mass is 32.2. The SMILES string of the molecule is CS(=O)(=O)Cc1noc(CNc2ccccc2C(F)(F)F)n1. The van der Waals surface area contributed by atoms with Crippen molar-refractivity contribution in [3.05, 3.63) is 41.5 Å². The highest BCUT2D eigenvalue weighted by Crippen LogP contribution is 2.34. The summed E-state index contributed by atoms with van der Waals surface area (Å²) in [7, 11) is -3.31. The number of para-hydroxylation sites is 1. The number of nitrogens with one attached hydrogen (secondary N) is 1. The Balaban J connectivity index is 2.08. The van der Waals surface area contributed by atoms with Gasteiger partial charge in [-0.3, -0.25) is 0 Å². The van der Waals surface area contributed by atoms with E-state index in [9.17, 15) is 21.6 Å². The second-order valence-electron chi connectivity index (χ2n) is 4.57. The van der Waals surface area contributed by atoms with E-state index in [0.717, 1.165) is 12.3 Å². The predicted molar refractivity (Wildman–Crippen MR) is 71.6 cm³/mol. The molecule has 1 heterocycles. The van der Waals surface area contributed by atoms with Gasteiger partial charge in [-0.25, -0.2) is 8.42 Å². The van der Waals surface area contributed by atoms with Gasteiger partial charge in [0.05, 0.1) is 12.1 Å². The van der Waals surface area contributed by atoms with Gasteiger partial charge >= 0.3 is 6.18 Å². The van der Waals surface area contributed by atoms with Gasteiger partial charge in [0.1, 0.15) is 5.75 Å². The van der Waals surface area contributed by atoms with Gasteiger partial charge in [-0.15, -0.1) is 0 Å². The van der Waals surface area contributed by atoms with E-state index in [1.165, 1.54) is 18.2 Å². The van der Waals surface area contributed by atoms with Crippen LogP contribution >= 0.6 is 0 Å². The van der Waals surface area contributed by atoms with Gasteiger partial charge in [0.2, 0.25) is 5.89 Å². The average molecular weight is 335 g/mol. The van der Waals surface area contributed by atoms with Crippen LogP contribution in [0, 0.1) is 0 Å². The minimum Gasteiger partial charge on any atom is -0.376 e. The van der Waals surface area contributed by atoms with Crippen LogP contribution in [0.1, 0.15) is 17.3 Å². The standard InChI is InChI=1S/C12H12F3N3O3S/c1-22(19,20)7-10-17-11(21-18-10)6-16-9-5-3-2-4-8(9)12(13,14)15/h2-5,16H,6-7H2,1H3. The number of aromatic nitrogens is 2. The Labute approximate surface area is 124 Å². The molecule has 0 aliphatic rings. The molecule has 1 aromatic carbocycles. The lowest BCUT2D eigenvalue weighted by molar-refractivity contribution is -0.137. The summed E-state index contributed by atoms with van der Waals surface area (Å²) in [6, 6.07) is 4.97. The highest BCUT2D eigenvalue weighted by Gasteiger charge is 2.33. The Morgan fingerprint density at radius 2 is 1.95 bits per heavy atom. The molecule has 0 aliphatic heterocycles. The number of hydrogen-bond donors (Lipinski definition) is 1. The quantitative estimate of drug-likeness (QED) is 0.902. The van der Waals surface area contributed by atoms with Gasteiger partial charge in [-0.2, -0.15) is 18.2 Å². The zero-order valence-corrected chi connectivity index (χ0v) is 12.2. The van der Waals surface area contributed by atoms with Crippen molar-refractivity contribution in [3.8, 4) is 0 Å². The molecule has 2 aromatic rings. The Morgan fingerprint density at radius 3 is 2.59 bits per heavy atom. The van der Waals surface area contributed by atoms with Crippen molar-refractivity contribution in [3.63, 3.8) is 0 Å². The first-order chi connectivity index (χ1) is 10.1. The number of rotatable bonds is 5. The van der Waals surface area contributed by atoms with Gasteiger partial charge in [0, 0.05) is 11.9 Å². The number of sulfone groups is 1. The molecule has 10 heteroatoms. The maximum atomic E-state index is 12.8. The molecule has 0 saturated heterocycles. The molecule has 0 unspecified atom stereocenters. The van der Waals surface area contributed by atoms with Gasteiger partial charge in [-0.1, -0.05) is 17.3 Å². The molecule has 0 spiro atoms. The maximum absolute atomic E-state index is 12.8. The van der Waals surface area contributed by atoms with E-state index >= 15 is 0 Å². The number of nitrogens with zero attached hydrogens (tertiary/aromatic N) is 2. The Hall–Kier alpha value is -2.10. The van der Waals surface area contributed by atoms with Crippen molar-refractivity contribution in [2.24, 2.45) is 0 Å². The topological polar surface area (TPSA) is 85.1 Å². The summed E-state index contributed by atoms with van der Waals surface area (Å²) in [5.74, 6) is -0.436. The molecule has 0 saturated carbocycles. The van der Waals surface area contributed by atoms with E-state index in [4.69, 9.17) is 4.52 Å². The summed E-state index contributed by atoms with van der Waals surface area (Å²) >= 11 is 0. The van der Waals surface area contributed by atoms with E-state index in [-0.39, 0.29) is 23.9 Å². The molecular formula is C12H12F3N3O3S. The molecule has 22 heavy (non-hydrogen) atoms. The Kier molecular flexibility index (Phi) is 4.40. The molecule has 6 nitrogen and oxygen atoms in total. The summed E-state index contributed by atoms with van der Waals surface area (Å²) in [4.78, 5) is 3.80. The molecule has 2 rings (SSSR count). The van der Waals surface area contributed by atoms with Gasteiger partial charge in [-0.05, 0) is 12.1 Å². The summed E-state index contributed by atoms with van der Waals surface area (Å²) < 4.78 is 65.4. The third-order valence-corrected chi connectivity index (χ3v) is 3.35. The summed E-state index contributed by atoms with van der Waals surface area (Å²) in [6.07, 6.45) is -3.47. The van der Waals surface area contributed by atoms with E-state index in [1.807, 2.05) is 0 Å². The number of hydrogen-bond acceptors (Lipinski definition) is 6. The Morgan fingerprint density at radius 1 is 1.27 bits per heavy atom. The van der Waals surface area contributed by atoms with E-state index < -0.39 is 27.3 Å². The lowest BCUT2D eigenvalue weighted by Gasteiger charge is -2.12. The fraction of sp³-hybridized carbons (Fsp3) is 0.333. The first kappa shape index (κ1) is 16.3. The predicted octanol–water partition coefficient (Wildman–Crippen LogP) is 2.25. The Bertz CT molecular complexity index is 756. The largest absolute Gasteiger partial charge is 0.418 e. The first-order valence-electron chi connectivity index (χ1n) is 6.04. The molecule has 1 aromatic heterocycles. The third kappa shape index (κ3) is 4.45. The first-order valence-corrected chi connectivity index (χ1v) is 8.10. The van der Waals surface area contributed by atoms with Crippen molar-refractivity contribution < 1.29 is 26.1 Å². The van der Waals surface area contributed by atoms with Gasteiger partial charge < -0.3 is 9.84 Å². The van der Waals surface area contributed by atoms with Crippen LogP contribution in [0.25, 0.3) is 0 Å². The van der Waals surface area contributed by atoms with E-state index in [2.05, 4.69) is 15.5 Å². The van der Waals surface area contributed by atoms with E-state index in [1.54, 1.807) is 0 Å². The maximum Gasteiger partial charge on any atom is 0.418 e. The van der Waals surface area contributed by atoms with Gasteiger partial charge in [0.15, 0.2) is 15.7 Å². The minimum absolute atomic E-state index is 0.00405.